The van der Waals surface area contributed by atoms with E-state index in [9.17, 15) is 5.11 Å². The third-order valence-corrected chi connectivity index (χ3v) is 1.72. The van der Waals surface area contributed by atoms with Crippen LogP contribution in [-0.2, 0) is 4.74 Å². The van der Waals surface area contributed by atoms with Gasteiger partial charge < -0.3 is 15.6 Å². The smallest absolute Gasteiger partial charge is 0.102 e. The molecule has 3 nitrogen and oxygen atoms in total. The summed E-state index contributed by atoms with van der Waals surface area (Å²) in [5.41, 5.74) is 6.12. The lowest BCUT2D eigenvalue weighted by molar-refractivity contribution is 0.0396. The van der Waals surface area contributed by atoms with Crippen LogP contribution in [0.5, 0.6) is 0 Å². The summed E-state index contributed by atoms with van der Waals surface area (Å²) >= 11 is 0. The summed E-state index contributed by atoms with van der Waals surface area (Å²) in [5, 5.41) is 9.58. The van der Waals surface area contributed by atoms with Gasteiger partial charge in [-0.3, -0.25) is 0 Å². The molecule has 0 saturated heterocycles. The molecule has 13 heavy (non-hydrogen) atoms. The minimum Gasteiger partial charge on any atom is -0.386 e. The molecule has 0 fully saturated rings. The Morgan fingerprint density at radius 3 is 2.62 bits per heavy atom. The molecular formula is C10H15NO2. The molecule has 0 radical (unpaired) electrons. The fraction of sp³-hybridized carbons (Fsp3) is 0.400. The lowest BCUT2D eigenvalue weighted by Crippen LogP contribution is -2.13. The zero-order valence-electron chi connectivity index (χ0n) is 7.52. The maximum atomic E-state index is 9.58. The van der Waals surface area contributed by atoms with E-state index in [0.717, 1.165) is 5.56 Å². The number of ether oxygens (including phenoxy) is 1. The second-order valence-corrected chi connectivity index (χ2v) is 2.79. The lowest BCUT2D eigenvalue weighted by Gasteiger charge is -2.10. The third-order valence-electron chi connectivity index (χ3n) is 1.72. The summed E-state index contributed by atoms with van der Waals surface area (Å²) in [6.07, 6.45) is -0.548. The standard InChI is InChI=1S/C10H15NO2/c11-6-7-13-8-10(12)9-4-2-1-3-5-9/h1-5,10,12H,6-8,11H2. The van der Waals surface area contributed by atoms with Crippen LogP contribution in [0.3, 0.4) is 0 Å². The van der Waals surface area contributed by atoms with Crippen molar-refractivity contribution >= 4 is 0 Å². The molecule has 3 heteroatoms. The van der Waals surface area contributed by atoms with E-state index in [4.69, 9.17) is 10.5 Å². The van der Waals surface area contributed by atoms with Gasteiger partial charge in [0.1, 0.15) is 6.10 Å². The molecule has 0 amide bonds. The average Bonchev–Trinajstić information content (AvgIpc) is 2.19. The normalized spacial score (nSPS) is 12.8. The number of aliphatic hydroxyl groups excluding tert-OH is 1. The Balaban J connectivity index is 2.35. The van der Waals surface area contributed by atoms with E-state index in [1.807, 2.05) is 30.3 Å². The topological polar surface area (TPSA) is 55.5 Å². The highest BCUT2D eigenvalue weighted by molar-refractivity contribution is 5.17. The number of benzene rings is 1. The van der Waals surface area contributed by atoms with Crippen LogP contribution in [0.25, 0.3) is 0 Å². The van der Waals surface area contributed by atoms with Gasteiger partial charge in [-0.05, 0) is 5.56 Å². The van der Waals surface area contributed by atoms with Crippen molar-refractivity contribution in [2.45, 2.75) is 6.10 Å². The van der Waals surface area contributed by atoms with Crippen molar-refractivity contribution in [2.24, 2.45) is 5.73 Å². The zero-order chi connectivity index (χ0) is 9.52. The molecule has 0 bridgehead atoms. The van der Waals surface area contributed by atoms with Crippen LogP contribution < -0.4 is 5.73 Å². The molecule has 0 aliphatic heterocycles. The average molecular weight is 181 g/mol. The molecule has 1 atom stereocenters. The molecule has 0 spiro atoms. The highest BCUT2D eigenvalue weighted by atomic mass is 16.5. The second kappa shape index (κ2) is 5.70. The minimum absolute atomic E-state index is 0.307. The zero-order valence-corrected chi connectivity index (χ0v) is 7.52. The van der Waals surface area contributed by atoms with Crippen molar-refractivity contribution < 1.29 is 9.84 Å². The second-order valence-electron chi connectivity index (χ2n) is 2.79. The Morgan fingerprint density at radius 1 is 1.31 bits per heavy atom. The number of nitrogens with two attached hydrogens (primary N) is 1. The van der Waals surface area contributed by atoms with Crippen molar-refractivity contribution in [3.05, 3.63) is 35.9 Å². The van der Waals surface area contributed by atoms with Gasteiger partial charge in [-0.25, -0.2) is 0 Å². The number of rotatable bonds is 5. The molecule has 0 heterocycles. The fourth-order valence-corrected chi connectivity index (χ4v) is 1.05. The summed E-state index contributed by atoms with van der Waals surface area (Å²) in [5.74, 6) is 0. The quantitative estimate of drug-likeness (QED) is 0.657. The minimum atomic E-state index is -0.548. The van der Waals surface area contributed by atoms with Crippen molar-refractivity contribution in [1.29, 1.82) is 0 Å². The van der Waals surface area contributed by atoms with E-state index in [-0.39, 0.29) is 0 Å². The van der Waals surface area contributed by atoms with Crippen LogP contribution in [0.4, 0.5) is 0 Å². The Kier molecular flexibility index (Phi) is 4.46. The first-order valence-corrected chi connectivity index (χ1v) is 4.35. The summed E-state index contributed by atoms with van der Waals surface area (Å²) < 4.78 is 5.12. The SMILES string of the molecule is NCCOCC(O)c1ccccc1. The van der Waals surface area contributed by atoms with Crippen LogP contribution in [-0.4, -0.2) is 24.9 Å². The molecule has 0 aliphatic carbocycles. The van der Waals surface area contributed by atoms with Gasteiger partial charge in [0.2, 0.25) is 0 Å². The Bertz CT molecular complexity index is 226. The summed E-state index contributed by atoms with van der Waals surface area (Å²) in [7, 11) is 0. The summed E-state index contributed by atoms with van der Waals surface area (Å²) in [6, 6.07) is 9.44. The van der Waals surface area contributed by atoms with Gasteiger partial charge in [0.15, 0.2) is 0 Å². The van der Waals surface area contributed by atoms with E-state index in [1.54, 1.807) is 0 Å². The van der Waals surface area contributed by atoms with E-state index >= 15 is 0 Å². The Labute approximate surface area is 78.1 Å². The van der Waals surface area contributed by atoms with E-state index in [0.29, 0.717) is 19.8 Å². The van der Waals surface area contributed by atoms with E-state index in [1.165, 1.54) is 0 Å². The molecule has 0 aliphatic rings. The highest BCUT2D eigenvalue weighted by Crippen LogP contribution is 2.11. The van der Waals surface area contributed by atoms with Crippen molar-refractivity contribution in [3.63, 3.8) is 0 Å². The predicted octanol–water partition coefficient (Wildman–Crippen LogP) is 0.695. The first kappa shape index (κ1) is 10.2. The number of hydrogen-bond acceptors (Lipinski definition) is 3. The number of hydrogen-bond donors (Lipinski definition) is 2. The van der Waals surface area contributed by atoms with Crippen LogP contribution in [0.1, 0.15) is 11.7 Å². The first-order valence-electron chi connectivity index (χ1n) is 4.35. The Morgan fingerprint density at radius 2 is 2.00 bits per heavy atom. The van der Waals surface area contributed by atoms with Gasteiger partial charge in [0, 0.05) is 6.54 Å². The molecule has 72 valence electrons. The third kappa shape index (κ3) is 3.55. The molecule has 0 aromatic heterocycles. The van der Waals surface area contributed by atoms with Crippen LogP contribution in [0.15, 0.2) is 30.3 Å². The van der Waals surface area contributed by atoms with Gasteiger partial charge in [0.25, 0.3) is 0 Å². The summed E-state index contributed by atoms with van der Waals surface area (Å²) in [4.78, 5) is 0. The van der Waals surface area contributed by atoms with Gasteiger partial charge in [-0.2, -0.15) is 0 Å². The highest BCUT2D eigenvalue weighted by Gasteiger charge is 2.05. The van der Waals surface area contributed by atoms with Crippen molar-refractivity contribution in [2.75, 3.05) is 19.8 Å². The number of aliphatic hydroxyl groups is 1. The van der Waals surface area contributed by atoms with E-state index < -0.39 is 6.10 Å². The molecule has 1 aromatic rings. The molecule has 1 unspecified atom stereocenters. The van der Waals surface area contributed by atoms with Crippen LogP contribution in [0.2, 0.25) is 0 Å². The van der Waals surface area contributed by atoms with Crippen molar-refractivity contribution in [3.8, 4) is 0 Å². The maximum Gasteiger partial charge on any atom is 0.102 e. The fourth-order valence-electron chi connectivity index (χ4n) is 1.05. The molecular weight excluding hydrogens is 166 g/mol. The van der Waals surface area contributed by atoms with E-state index in [2.05, 4.69) is 0 Å². The lowest BCUT2D eigenvalue weighted by atomic mass is 10.1. The van der Waals surface area contributed by atoms with Gasteiger partial charge in [-0.1, -0.05) is 30.3 Å². The molecule has 3 N–H and O–H groups in total. The van der Waals surface area contributed by atoms with Gasteiger partial charge in [0.05, 0.1) is 13.2 Å². The van der Waals surface area contributed by atoms with Crippen LogP contribution >= 0.6 is 0 Å². The molecule has 0 saturated carbocycles. The van der Waals surface area contributed by atoms with Crippen molar-refractivity contribution in [1.82, 2.24) is 0 Å². The van der Waals surface area contributed by atoms with Gasteiger partial charge >= 0.3 is 0 Å². The monoisotopic (exact) mass is 181 g/mol. The molecule has 1 aromatic carbocycles. The molecule has 1 rings (SSSR count). The maximum absolute atomic E-state index is 9.58. The Hall–Kier alpha value is -0.900. The first-order chi connectivity index (χ1) is 6.34. The van der Waals surface area contributed by atoms with Gasteiger partial charge in [-0.15, -0.1) is 0 Å². The largest absolute Gasteiger partial charge is 0.386 e. The summed E-state index contributed by atoms with van der Waals surface area (Å²) in [6.45, 7) is 1.28. The predicted molar refractivity (Wildman–Crippen MR) is 51.3 cm³/mol. The van der Waals surface area contributed by atoms with Crippen LogP contribution in [0, 0.1) is 0 Å².